The van der Waals surface area contributed by atoms with E-state index in [2.05, 4.69) is 20.1 Å². The molecule has 4 aromatic rings. The van der Waals surface area contributed by atoms with Crippen molar-refractivity contribution in [1.29, 1.82) is 5.41 Å². The first-order valence-electron chi connectivity index (χ1n) is 11.8. The number of carboxylic acids is 1. The molecule has 6 N–H and O–H groups in total. The number of halogens is 1. The van der Waals surface area contributed by atoms with Gasteiger partial charge < -0.3 is 25.4 Å². The molecule has 0 radical (unpaired) electrons. The van der Waals surface area contributed by atoms with Gasteiger partial charge >= 0.3 is 5.69 Å². The molecule has 1 atom stereocenters. The Hall–Kier alpha value is -5.11. The number of methoxy groups -OCH3 is 1. The molecule has 0 saturated carbocycles. The number of aliphatic hydroxyl groups is 1. The quantitative estimate of drug-likeness (QED) is 0.142. The van der Waals surface area contributed by atoms with Crippen molar-refractivity contribution in [3.8, 4) is 17.4 Å². The number of nitrogens with two attached hydrogens (primary N) is 1. The number of aromatic nitrogens is 5. The minimum Gasteiger partial charge on any atom is -0.497 e. The van der Waals surface area contributed by atoms with Crippen LogP contribution in [0.4, 0.5) is 4.39 Å². The van der Waals surface area contributed by atoms with Crippen molar-refractivity contribution in [2.75, 3.05) is 20.3 Å². The van der Waals surface area contributed by atoms with Crippen LogP contribution in [0.1, 0.15) is 35.4 Å². The lowest BCUT2D eigenvalue weighted by molar-refractivity contribution is -0.134. The Morgan fingerprint density at radius 2 is 1.88 bits per heavy atom. The number of aromatic amines is 1. The molecule has 0 amide bonds. The number of carbonyl (C=O) groups is 1. The van der Waals surface area contributed by atoms with Gasteiger partial charge in [-0.2, -0.15) is 0 Å². The molecule has 0 spiro atoms. The molecule has 2 aromatic heterocycles. The average molecular weight is 554 g/mol. The van der Waals surface area contributed by atoms with E-state index in [1.165, 1.54) is 31.6 Å². The lowest BCUT2D eigenvalue weighted by atomic mass is 9.90. The number of benzene rings is 2. The van der Waals surface area contributed by atoms with E-state index in [9.17, 15) is 4.79 Å². The number of hydrogen-bond donors (Lipinski definition) is 5. The summed E-state index contributed by atoms with van der Waals surface area (Å²) >= 11 is 0. The Balaban J connectivity index is 0.00000103. The maximum Gasteiger partial charge on any atom is 0.350 e. The summed E-state index contributed by atoms with van der Waals surface area (Å²) in [6, 6.07) is 11.4. The van der Waals surface area contributed by atoms with E-state index >= 15 is 4.39 Å². The van der Waals surface area contributed by atoms with Gasteiger partial charge in [0, 0.05) is 36.5 Å². The normalized spacial score (nSPS) is 11.2. The molecule has 4 rings (SSSR count). The van der Waals surface area contributed by atoms with Crippen molar-refractivity contribution in [1.82, 2.24) is 24.7 Å². The van der Waals surface area contributed by atoms with Crippen LogP contribution in [0.25, 0.3) is 5.95 Å². The molecule has 0 bridgehead atoms. The first-order valence-corrected chi connectivity index (χ1v) is 11.8. The number of H-pyrrole nitrogens is 1. The van der Waals surface area contributed by atoms with Gasteiger partial charge in [0.2, 0.25) is 0 Å². The van der Waals surface area contributed by atoms with Gasteiger partial charge in [-0.3, -0.25) is 15.2 Å². The minimum absolute atomic E-state index is 0.0626. The molecule has 14 heteroatoms. The van der Waals surface area contributed by atoms with Gasteiger partial charge in [0.25, 0.3) is 11.9 Å². The monoisotopic (exact) mass is 553 g/mol. The Kier molecular flexibility index (Phi) is 10.0. The van der Waals surface area contributed by atoms with Crippen molar-refractivity contribution in [3.05, 3.63) is 93.7 Å². The van der Waals surface area contributed by atoms with Gasteiger partial charge in [0.05, 0.1) is 19.6 Å². The van der Waals surface area contributed by atoms with E-state index in [1.807, 2.05) is 0 Å². The number of nitrogens with zero attached hydrogens (tertiary/aromatic N) is 4. The number of hydrogen-bond acceptors (Lipinski definition) is 9. The fourth-order valence-electron chi connectivity index (χ4n) is 3.67. The molecule has 0 aliphatic rings. The molecule has 2 aromatic carbocycles. The lowest BCUT2D eigenvalue weighted by Gasteiger charge is -2.19. The van der Waals surface area contributed by atoms with Crippen LogP contribution < -0.4 is 20.9 Å². The standard InChI is InChI=1S/C24H24FN7O4.C2H4O2/c1-35-16-12-17(20(25)19(13-16)36-10-9-33)18(11-14-3-5-15(6-4-14)21(26)27)22-30-24(34)32(31-22)23-28-7-2-8-29-23;1-2(3)4/h2-8,12-13,18,33H,9-11H2,1H3,(H3,26,27)(H,30,31,34);1H3,(H,3,4). The molecule has 40 heavy (non-hydrogen) atoms. The summed E-state index contributed by atoms with van der Waals surface area (Å²) in [6.07, 6.45) is 3.18. The zero-order valence-corrected chi connectivity index (χ0v) is 21.7. The first-order chi connectivity index (χ1) is 19.1. The van der Waals surface area contributed by atoms with Crippen molar-refractivity contribution in [2.24, 2.45) is 5.73 Å². The number of nitrogen functional groups attached to an aromatic ring is 1. The van der Waals surface area contributed by atoms with E-state index in [0.717, 1.165) is 17.2 Å². The third kappa shape index (κ3) is 7.48. The Bertz CT molecular complexity index is 1500. The number of aliphatic carboxylic acids is 1. The fraction of sp³-hybridized carbons (Fsp3) is 0.231. The number of rotatable bonds is 10. The third-order valence-corrected chi connectivity index (χ3v) is 5.41. The van der Waals surface area contributed by atoms with E-state index in [1.54, 1.807) is 30.3 Å². The fourth-order valence-corrected chi connectivity index (χ4v) is 3.67. The number of aliphatic hydroxyl groups excluding tert-OH is 1. The SMILES string of the molecule is CC(=O)O.COc1cc(OCCO)c(F)c(C(Cc2ccc(C(=N)N)cc2)c2nn(-c3ncccn3)c(=O)[nH]2)c1. The van der Waals surface area contributed by atoms with E-state index in [-0.39, 0.29) is 48.6 Å². The van der Waals surface area contributed by atoms with Gasteiger partial charge in [-0.25, -0.2) is 19.2 Å². The van der Waals surface area contributed by atoms with Gasteiger partial charge in [-0.05, 0) is 24.1 Å². The summed E-state index contributed by atoms with van der Waals surface area (Å²) in [5.41, 5.74) is 6.44. The van der Waals surface area contributed by atoms with Gasteiger partial charge in [0.1, 0.15) is 24.0 Å². The molecule has 0 fully saturated rings. The largest absolute Gasteiger partial charge is 0.497 e. The van der Waals surface area contributed by atoms with Crippen LogP contribution >= 0.6 is 0 Å². The lowest BCUT2D eigenvalue weighted by Crippen LogP contribution is -2.18. The molecule has 0 aliphatic carbocycles. The van der Waals surface area contributed by atoms with Crippen LogP contribution in [0.3, 0.4) is 0 Å². The number of carboxylic acid groups (broad SMARTS) is 1. The molecule has 13 nitrogen and oxygen atoms in total. The van der Waals surface area contributed by atoms with Crippen molar-refractivity contribution >= 4 is 11.8 Å². The van der Waals surface area contributed by atoms with Crippen LogP contribution in [0.5, 0.6) is 11.5 Å². The van der Waals surface area contributed by atoms with Crippen LogP contribution in [-0.4, -0.2) is 67.1 Å². The highest BCUT2D eigenvalue weighted by molar-refractivity contribution is 5.94. The predicted molar refractivity (Wildman–Crippen MR) is 142 cm³/mol. The maximum absolute atomic E-state index is 15.7. The van der Waals surface area contributed by atoms with Gasteiger partial charge in [-0.15, -0.1) is 9.78 Å². The number of amidine groups is 1. The Labute approximate surface area is 227 Å². The van der Waals surface area contributed by atoms with Crippen molar-refractivity contribution < 1.29 is 28.9 Å². The van der Waals surface area contributed by atoms with Crippen molar-refractivity contribution in [3.63, 3.8) is 0 Å². The summed E-state index contributed by atoms with van der Waals surface area (Å²) in [6.45, 7) is 0.671. The summed E-state index contributed by atoms with van der Waals surface area (Å²) in [5.74, 6) is -1.92. The number of nitrogens with one attached hydrogen (secondary N) is 2. The predicted octanol–water partition coefficient (Wildman–Crippen LogP) is 1.62. The molecule has 0 aliphatic heterocycles. The zero-order valence-electron chi connectivity index (χ0n) is 21.7. The molecule has 2 heterocycles. The summed E-state index contributed by atoms with van der Waals surface area (Å²) in [5, 5.41) is 28.5. The zero-order chi connectivity index (χ0) is 29.2. The average Bonchev–Trinajstić information content (AvgIpc) is 3.33. The van der Waals surface area contributed by atoms with Crippen LogP contribution in [-0.2, 0) is 11.2 Å². The van der Waals surface area contributed by atoms with E-state index < -0.39 is 23.4 Å². The summed E-state index contributed by atoms with van der Waals surface area (Å²) in [4.78, 5) is 32.5. The van der Waals surface area contributed by atoms with Gasteiger partial charge in [0.15, 0.2) is 11.6 Å². The van der Waals surface area contributed by atoms with Crippen molar-refractivity contribution in [2.45, 2.75) is 19.3 Å². The smallest absolute Gasteiger partial charge is 0.350 e. The highest BCUT2D eigenvalue weighted by atomic mass is 19.1. The Morgan fingerprint density at radius 3 is 2.45 bits per heavy atom. The Morgan fingerprint density at radius 1 is 1.23 bits per heavy atom. The second-order valence-corrected chi connectivity index (χ2v) is 8.26. The van der Waals surface area contributed by atoms with Crippen LogP contribution in [0.15, 0.2) is 59.7 Å². The van der Waals surface area contributed by atoms with E-state index in [4.69, 9.17) is 35.6 Å². The molecule has 0 saturated heterocycles. The third-order valence-electron chi connectivity index (χ3n) is 5.41. The first kappa shape index (κ1) is 29.4. The van der Waals surface area contributed by atoms with E-state index in [0.29, 0.717) is 11.3 Å². The van der Waals surface area contributed by atoms with Gasteiger partial charge in [-0.1, -0.05) is 24.3 Å². The summed E-state index contributed by atoms with van der Waals surface area (Å²) in [7, 11) is 1.44. The highest BCUT2D eigenvalue weighted by Gasteiger charge is 2.27. The second-order valence-electron chi connectivity index (χ2n) is 8.26. The minimum atomic E-state index is -0.833. The molecular weight excluding hydrogens is 525 g/mol. The molecular formula is C26H28FN7O6. The number of ether oxygens (including phenoxy) is 2. The second kappa shape index (κ2) is 13.6. The van der Waals surface area contributed by atoms with Crippen LogP contribution in [0, 0.1) is 11.2 Å². The highest BCUT2D eigenvalue weighted by Crippen LogP contribution is 2.36. The molecule has 1 unspecified atom stereocenters. The van der Waals surface area contributed by atoms with Crippen LogP contribution in [0.2, 0.25) is 0 Å². The topological polar surface area (TPSA) is 202 Å². The molecule has 210 valence electrons. The summed E-state index contributed by atoms with van der Waals surface area (Å²) < 4.78 is 27.4. The maximum atomic E-state index is 15.7.